The first-order chi connectivity index (χ1) is 12.2. The molecule has 3 rings (SSSR count). The molecule has 2 aliphatic heterocycles. The summed E-state index contributed by atoms with van der Waals surface area (Å²) in [7, 11) is 1.64. The summed E-state index contributed by atoms with van der Waals surface area (Å²) in [5, 5.41) is 2.97. The molecule has 2 aliphatic rings. The van der Waals surface area contributed by atoms with Crippen LogP contribution in [0.1, 0.15) is 26.2 Å². The van der Waals surface area contributed by atoms with E-state index in [-0.39, 0.29) is 6.03 Å². The normalized spacial score (nSPS) is 21.7. The van der Waals surface area contributed by atoms with Gasteiger partial charge >= 0.3 is 6.03 Å². The summed E-state index contributed by atoms with van der Waals surface area (Å²) < 4.78 is 10.6. The average molecular weight is 347 g/mol. The molecule has 0 spiro atoms. The minimum absolute atomic E-state index is 0.0324. The number of likely N-dealkylation sites (tertiary alicyclic amines) is 2. The van der Waals surface area contributed by atoms with E-state index >= 15 is 0 Å². The molecule has 138 valence electrons. The minimum atomic E-state index is -0.0324. The van der Waals surface area contributed by atoms with Gasteiger partial charge in [-0.25, -0.2) is 4.79 Å². The lowest BCUT2D eigenvalue weighted by Crippen LogP contribution is -2.64. The number of nitrogens with zero attached hydrogens (tertiary/aromatic N) is 2. The Bertz CT molecular complexity index is 575. The molecule has 6 heteroatoms. The van der Waals surface area contributed by atoms with Crippen LogP contribution in [0.4, 0.5) is 10.5 Å². The highest BCUT2D eigenvalue weighted by Gasteiger charge is 2.37. The fraction of sp³-hybridized carbons (Fsp3) is 0.632. The van der Waals surface area contributed by atoms with Gasteiger partial charge in [0.2, 0.25) is 0 Å². The van der Waals surface area contributed by atoms with Crippen molar-refractivity contribution in [3.05, 3.63) is 24.3 Å². The third kappa shape index (κ3) is 4.64. The molecule has 2 fully saturated rings. The van der Waals surface area contributed by atoms with Crippen LogP contribution >= 0.6 is 0 Å². The van der Waals surface area contributed by atoms with Gasteiger partial charge in [0.1, 0.15) is 12.4 Å². The van der Waals surface area contributed by atoms with Gasteiger partial charge in [-0.3, -0.25) is 4.90 Å². The number of hydrogen-bond donors (Lipinski definition) is 1. The lowest BCUT2D eigenvalue weighted by atomic mass is 9.98. The maximum Gasteiger partial charge on any atom is 0.321 e. The number of anilines is 1. The van der Waals surface area contributed by atoms with Crippen molar-refractivity contribution in [1.29, 1.82) is 0 Å². The Hall–Kier alpha value is -1.79. The van der Waals surface area contributed by atoms with E-state index in [0.29, 0.717) is 25.3 Å². The summed E-state index contributed by atoms with van der Waals surface area (Å²) in [5.41, 5.74) is 0.759. The zero-order valence-corrected chi connectivity index (χ0v) is 15.2. The molecule has 0 aliphatic carbocycles. The highest BCUT2D eigenvalue weighted by atomic mass is 16.5. The Morgan fingerprint density at radius 3 is 2.88 bits per heavy atom. The number of ether oxygens (including phenoxy) is 2. The van der Waals surface area contributed by atoms with E-state index in [1.54, 1.807) is 7.11 Å². The van der Waals surface area contributed by atoms with Crippen molar-refractivity contribution in [3.8, 4) is 5.75 Å². The fourth-order valence-electron chi connectivity index (χ4n) is 3.60. The Labute approximate surface area is 150 Å². The van der Waals surface area contributed by atoms with Crippen LogP contribution in [0.25, 0.3) is 0 Å². The molecular weight excluding hydrogens is 318 g/mol. The molecule has 0 saturated carbocycles. The largest absolute Gasteiger partial charge is 0.491 e. The highest BCUT2D eigenvalue weighted by molar-refractivity contribution is 5.90. The number of carbonyl (C=O) groups excluding carboxylic acids is 1. The van der Waals surface area contributed by atoms with E-state index in [9.17, 15) is 4.79 Å². The summed E-state index contributed by atoms with van der Waals surface area (Å²) in [6, 6.07) is 8.61. The first-order valence-corrected chi connectivity index (χ1v) is 9.21. The van der Waals surface area contributed by atoms with Gasteiger partial charge in [-0.05, 0) is 38.4 Å². The molecule has 0 unspecified atom stereocenters. The van der Waals surface area contributed by atoms with Crippen LogP contribution in [0, 0.1) is 0 Å². The van der Waals surface area contributed by atoms with Gasteiger partial charge in [-0.1, -0.05) is 12.5 Å². The molecule has 1 aromatic rings. The summed E-state index contributed by atoms with van der Waals surface area (Å²) in [5.74, 6) is 0.735. The second kappa shape index (κ2) is 8.54. The van der Waals surface area contributed by atoms with Crippen molar-refractivity contribution in [1.82, 2.24) is 9.80 Å². The van der Waals surface area contributed by atoms with Gasteiger partial charge in [-0.15, -0.1) is 0 Å². The van der Waals surface area contributed by atoms with Crippen LogP contribution < -0.4 is 10.1 Å². The number of urea groups is 1. The van der Waals surface area contributed by atoms with Crippen LogP contribution in [-0.2, 0) is 4.74 Å². The Balaban J connectivity index is 1.46. The molecule has 0 radical (unpaired) electrons. The number of amides is 2. The maximum atomic E-state index is 12.4. The third-order valence-corrected chi connectivity index (χ3v) is 5.11. The van der Waals surface area contributed by atoms with Crippen molar-refractivity contribution in [2.24, 2.45) is 0 Å². The molecule has 2 amide bonds. The predicted octanol–water partition coefficient (Wildman–Crippen LogP) is 2.80. The first-order valence-electron chi connectivity index (χ1n) is 9.21. The zero-order chi connectivity index (χ0) is 17.6. The van der Waals surface area contributed by atoms with Gasteiger partial charge < -0.3 is 19.7 Å². The maximum absolute atomic E-state index is 12.4. The summed E-state index contributed by atoms with van der Waals surface area (Å²) >= 11 is 0. The van der Waals surface area contributed by atoms with Crippen LogP contribution in [0.15, 0.2) is 24.3 Å². The van der Waals surface area contributed by atoms with E-state index in [2.05, 4.69) is 17.1 Å². The van der Waals surface area contributed by atoms with Crippen molar-refractivity contribution < 1.29 is 14.3 Å². The van der Waals surface area contributed by atoms with Crippen LogP contribution in [0.3, 0.4) is 0 Å². The van der Waals surface area contributed by atoms with E-state index in [1.165, 1.54) is 25.8 Å². The number of benzene rings is 1. The average Bonchev–Trinajstić information content (AvgIpc) is 2.56. The van der Waals surface area contributed by atoms with E-state index in [4.69, 9.17) is 9.47 Å². The molecular formula is C19H29N3O3. The van der Waals surface area contributed by atoms with Crippen LogP contribution in [0.5, 0.6) is 5.75 Å². The van der Waals surface area contributed by atoms with E-state index < -0.39 is 0 Å². The first kappa shape index (κ1) is 18.0. The van der Waals surface area contributed by atoms with Crippen molar-refractivity contribution in [2.75, 3.05) is 45.3 Å². The molecule has 2 saturated heterocycles. The molecule has 1 aromatic carbocycles. The molecule has 1 atom stereocenters. The second-order valence-corrected chi connectivity index (χ2v) is 6.94. The van der Waals surface area contributed by atoms with Crippen molar-refractivity contribution in [3.63, 3.8) is 0 Å². The summed E-state index contributed by atoms with van der Waals surface area (Å²) in [4.78, 5) is 16.9. The van der Waals surface area contributed by atoms with Crippen molar-refractivity contribution in [2.45, 2.75) is 38.3 Å². The number of nitrogens with one attached hydrogen (secondary N) is 1. The van der Waals surface area contributed by atoms with E-state index in [0.717, 1.165) is 24.5 Å². The molecule has 6 nitrogen and oxygen atoms in total. The number of rotatable bonds is 6. The summed E-state index contributed by atoms with van der Waals surface area (Å²) in [6.07, 6.45) is 3.89. The molecule has 2 heterocycles. The standard InChI is InChI=1S/C19H29N3O3/c1-15-6-3-4-9-22(15)17-13-21(14-17)19(23)20-16-7-5-8-18(12-16)25-11-10-24-2/h5,7-8,12,15,17H,3-4,6,9-11,13-14H2,1-2H3,(H,20,23)/t15-/m1/s1. The Morgan fingerprint density at radius 2 is 2.12 bits per heavy atom. The van der Waals surface area contributed by atoms with E-state index in [1.807, 2.05) is 29.2 Å². The van der Waals surface area contributed by atoms with Gasteiger partial charge in [-0.2, -0.15) is 0 Å². The van der Waals surface area contributed by atoms with Crippen LogP contribution in [0.2, 0.25) is 0 Å². The number of methoxy groups -OCH3 is 1. The van der Waals surface area contributed by atoms with Gasteiger partial charge in [0, 0.05) is 44.0 Å². The Kier molecular flexibility index (Phi) is 6.15. The van der Waals surface area contributed by atoms with Crippen molar-refractivity contribution >= 4 is 11.7 Å². The number of piperidine rings is 1. The lowest BCUT2D eigenvalue weighted by Gasteiger charge is -2.49. The minimum Gasteiger partial charge on any atom is -0.491 e. The SMILES string of the molecule is COCCOc1cccc(NC(=O)N2CC(N3CCCC[C@H]3C)C2)c1. The quantitative estimate of drug-likeness (QED) is 0.804. The lowest BCUT2D eigenvalue weighted by molar-refractivity contribution is 0.0199. The van der Waals surface area contributed by atoms with Gasteiger partial charge in [0.25, 0.3) is 0 Å². The third-order valence-electron chi connectivity index (χ3n) is 5.11. The topological polar surface area (TPSA) is 54.0 Å². The molecule has 25 heavy (non-hydrogen) atoms. The predicted molar refractivity (Wildman–Crippen MR) is 98.2 cm³/mol. The molecule has 0 aromatic heterocycles. The fourth-order valence-corrected chi connectivity index (χ4v) is 3.60. The number of carbonyl (C=O) groups is 1. The second-order valence-electron chi connectivity index (χ2n) is 6.94. The van der Waals surface area contributed by atoms with Crippen LogP contribution in [-0.4, -0.2) is 67.9 Å². The van der Waals surface area contributed by atoms with Gasteiger partial charge in [0.05, 0.1) is 6.61 Å². The highest BCUT2D eigenvalue weighted by Crippen LogP contribution is 2.25. The Morgan fingerprint density at radius 1 is 1.28 bits per heavy atom. The van der Waals surface area contributed by atoms with Gasteiger partial charge in [0.15, 0.2) is 0 Å². The molecule has 1 N–H and O–H groups in total. The monoisotopic (exact) mass is 347 g/mol. The molecule has 0 bridgehead atoms. The summed E-state index contributed by atoms with van der Waals surface area (Å²) in [6.45, 7) is 6.15. The number of hydrogen-bond acceptors (Lipinski definition) is 4. The smallest absolute Gasteiger partial charge is 0.321 e. The zero-order valence-electron chi connectivity index (χ0n) is 15.2.